The van der Waals surface area contributed by atoms with Crippen LogP contribution in [-0.2, 0) is 4.79 Å². The summed E-state index contributed by atoms with van der Waals surface area (Å²) in [6, 6.07) is 3.74. The van der Waals surface area contributed by atoms with Crippen LogP contribution in [0.4, 0.5) is 0 Å². The molecule has 3 N–H and O–H groups in total. The molecule has 0 aromatic carbocycles. The van der Waals surface area contributed by atoms with Gasteiger partial charge in [-0.3, -0.25) is 9.59 Å². The third-order valence-electron chi connectivity index (χ3n) is 3.57. The van der Waals surface area contributed by atoms with Crippen molar-refractivity contribution in [2.75, 3.05) is 13.1 Å². The molecule has 1 aliphatic heterocycles. The second-order valence-electron chi connectivity index (χ2n) is 5.33. The van der Waals surface area contributed by atoms with Gasteiger partial charge in [0.1, 0.15) is 11.2 Å². The number of aromatic nitrogens is 1. The molecule has 1 unspecified atom stereocenters. The van der Waals surface area contributed by atoms with Crippen molar-refractivity contribution >= 4 is 11.9 Å². The zero-order valence-electron chi connectivity index (χ0n) is 11.2. The molecular formula is C13H19N3O3. The number of hydrogen-bond acceptors (Lipinski definition) is 3. The van der Waals surface area contributed by atoms with Crippen LogP contribution in [0.1, 0.15) is 36.8 Å². The first-order valence-corrected chi connectivity index (χ1v) is 6.33. The Hall–Kier alpha value is -1.82. The van der Waals surface area contributed by atoms with Crippen LogP contribution in [0.25, 0.3) is 0 Å². The lowest BCUT2D eigenvalue weighted by Crippen LogP contribution is -2.50. The van der Waals surface area contributed by atoms with E-state index in [1.807, 2.05) is 30.7 Å². The van der Waals surface area contributed by atoms with Gasteiger partial charge in [0.2, 0.25) is 0 Å². The van der Waals surface area contributed by atoms with E-state index in [1.54, 1.807) is 6.07 Å². The van der Waals surface area contributed by atoms with E-state index < -0.39 is 11.5 Å². The fourth-order valence-corrected chi connectivity index (χ4v) is 2.37. The molecule has 2 heterocycles. The van der Waals surface area contributed by atoms with Crippen molar-refractivity contribution in [3.05, 3.63) is 24.0 Å². The maximum Gasteiger partial charge on any atom is 0.325 e. The van der Waals surface area contributed by atoms with Gasteiger partial charge in [0.15, 0.2) is 0 Å². The van der Waals surface area contributed by atoms with Crippen LogP contribution in [0.5, 0.6) is 0 Å². The van der Waals surface area contributed by atoms with Gasteiger partial charge in [-0.25, -0.2) is 0 Å². The van der Waals surface area contributed by atoms with Gasteiger partial charge in [0, 0.05) is 25.3 Å². The van der Waals surface area contributed by atoms with Crippen molar-refractivity contribution in [1.29, 1.82) is 0 Å². The number of amides is 1. The molecule has 2 rings (SSSR count). The highest BCUT2D eigenvalue weighted by atomic mass is 16.4. The Balaban J connectivity index is 2.18. The zero-order chi connectivity index (χ0) is 14.2. The van der Waals surface area contributed by atoms with E-state index in [9.17, 15) is 9.59 Å². The summed E-state index contributed by atoms with van der Waals surface area (Å²) in [5.74, 6) is -1.21. The topological polar surface area (TPSA) is 88.6 Å². The number of carboxylic acid groups (broad SMARTS) is 1. The maximum atomic E-state index is 12.4. The number of rotatable bonds is 3. The molecule has 0 saturated carbocycles. The first kappa shape index (κ1) is 13.6. The molecule has 1 aromatic rings. The molecule has 1 aromatic heterocycles. The van der Waals surface area contributed by atoms with Gasteiger partial charge in [-0.1, -0.05) is 0 Å². The van der Waals surface area contributed by atoms with Crippen LogP contribution in [0, 0.1) is 0 Å². The molecule has 6 nitrogen and oxygen atoms in total. The van der Waals surface area contributed by atoms with Gasteiger partial charge in [-0.05, 0) is 32.4 Å². The molecule has 0 spiro atoms. The van der Waals surface area contributed by atoms with Crippen LogP contribution in [0.3, 0.4) is 0 Å². The summed E-state index contributed by atoms with van der Waals surface area (Å²) < 4.78 is 1.87. The van der Waals surface area contributed by atoms with E-state index >= 15 is 0 Å². The van der Waals surface area contributed by atoms with Crippen LogP contribution in [0.2, 0.25) is 0 Å². The van der Waals surface area contributed by atoms with Gasteiger partial charge < -0.3 is 20.3 Å². The Bertz CT molecular complexity index is 509. The van der Waals surface area contributed by atoms with Crippen LogP contribution >= 0.6 is 0 Å². The summed E-state index contributed by atoms with van der Waals surface area (Å²) in [5, 5.41) is 9.08. The lowest BCUT2D eigenvalue weighted by atomic mass is 10.0. The molecule has 0 aliphatic carbocycles. The number of hydrogen-bond donors (Lipinski definition) is 2. The first-order valence-electron chi connectivity index (χ1n) is 6.33. The van der Waals surface area contributed by atoms with Gasteiger partial charge in [-0.15, -0.1) is 0 Å². The Labute approximate surface area is 111 Å². The second-order valence-corrected chi connectivity index (χ2v) is 5.33. The molecule has 6 heteroatoms. The summed E-state index contributed by atoms with van der Waals surface area (Å²) in [5.41, 5.74) is 5.04. The Kier molecular flexibility index (Phi) is 3.36. The summed E-state index contributed by atoms with van der Waals surface area (Å²) in [6.07, 6.45) is 2.14. The van der Waals surface area contributed by atoms with Gasteiger partial charge in [0.25, 0.3) is 5.91 Å². The quantitative estimate of drug-likeness (QED) is 0.842. The van der Waals surface area contributed by atoms with E-state index in [2.05, 4.69) is 0 Å². The predicted molar refractivity (Wildman–Crippen MR) is 69.9 cm³/mol. The number of aliphatic carboxylic acids is 1. The number of carbonyl (C=O) groups is 2. The van der Waals surface area contributed by atoms with Crippen molar-refractivity contribution in [1.82, 2.24) is 9.47 Å². The standard InChI is InChI=1S/C13H19N3O3/c1-9(2)16-6-3-4-10(16)11(17)15-7-5-13(14,8-15)12(18)19/h3-4,6,9H,5,7-8,14H2,1-2H3,(H,18,19). The van der Waals surface area contributed by atoms with Gasteiger partial charge >= 0.3 is 5.97 Å². The minimum atomic E-state index is -1.31. The van der Waals surface area contributed by atoms with E-state index in [0.717, 1.165) is 0 Å². The molecule has 0 radical (unpaired) electrons. The van der Waals surface area contributed by atoms with E-state index in [4.69, 9.17) is 10.8 Å². The molecule has 1 fully saturated rings. The molecule has 1 amide bonds. The number of nitrogens with zero attached hydrogens (tertiary/aromatic N) is 2. The monoisotopic (exact) mass is 265 g/mol. The number of nitrogens with two attached hydrogens (primary N) is 1. The molecule has 1 saturated heterocycles. The SMILES string of the molecule is CC(C)n1cccc1C(=O)N1CCC(N)(C(=O)O)C1. The number of carboxylic acids is 1. The van der Waals surface area contributed by atoms with Crippen molar-refractivity contribution in [2.45, 2.75) is 31.8 Å². The minimum absolute atomic E-state index is 0.0600. The second kappa shape index (κ2) is 4.70. The largest absolute Gasteiger partial charge is 0.480 e. The molecule has 1 aliphatic rings. The third kappa shape index (κ3) is 2.35. The van der Waals surface area contributed by atoms with Gasteiger partial charge in [-0.2, -0.15) is 0 Å². The maximum absolute atomic E-state index is 12.4. The van der Waals surface area contributed by atoms with Crippen molar-refractivity contribution in [3.8, 4) is 0 Å². The summed E-state index contributed by atoms with van der Waals surface area (Å²) >= 11 is 0. The zero-order valence-corrected chi connectivity index (χ0v) is 11.2. The fraction of sp³-hybridized carbons (Fsp3) is 0.538. The Morgan fingerprint density at radius 1 is 1.47 bits per heavy atom. The van der Waals surface area contributed by atoms with E-state index in [0.29, 0.717) is 12.2 Å². The highest BCUT2D eigenvalue weighted by Crippen LogP contribution is 2.22. The van der Waals surface area contributed by atoms with Crippen LogP contribution in [-0.4, -0.2) is 45.1 Å². The smallest absolute Gasteiger partial charge is 0.325 e. The summed E-state index contributed by atoms with van der Waals surface area (Å²) in [4.78, 5) is 25.0. The molecule has 104 valence electrons. The summed E-state index contributed by atoms with van der Waals surface area (Å²) in [7, 11) is 0. The lowest BCUT2D eigenvalue weighted by Gasteiger charge is -2.21. The molecule has 1 atom stereocenters. The number of carbonyl (C=O) groups excluding carboxylic acids is 1. The molecular weight excluding hydrogens is 246 g/mol. The van der Waals surface area contributed by atoms with Crippen molar-refractivity contribution in [2.24, 2.45) is 5.73 Å². The number of likely N-dealkylation sites (tertiary alicyclic amines) is 1. The highest BCUT2D eigenvalue weighted by molar-refractivity contribution is 5.94. The van der Waals surface area contributed by atoms with E-state index in [1.165, 1.54) is 4.90 Å². The third-order valence-corrected chi connectivity index (χ3v) is 3.57. The Morgan fingerprint density at radius 3 is 2.68 bits per heavy atom. The van der Waals surface area contributed by atoms with Crippen LogP contribution in [0.15, 0.2) is 18.3 Å². The normalized spacial score (nSPS) is 23.1. The van der Waals surface area contributed by atoms with E-state index in [-0.39, 0.29) is 24.9 Å². The average Bonchev–Trinajstić information content (AvgIpc) is 2.95. The van der Waals surface area contributed by atoms with Crippen LogP contribution < -0.4 is 5.73 Å². The average molecular weight is 265 g/mol. The molecule has 0 bridgehead atoms. The minimum Gasteiger partial charge on any atom is -0.480 e. The fourth-order valence-electron chi connectivity index (χ4n) is 2.37. The van der Waals surface area contributed by atoms with Crippen molar-refractivity contribution < 1.29 is 14.7 Å². The van der Waals surface area contributed by atoms with Gasteiger partial charge in [0.05, 0.1) is 0 Å². The van der Waals surface area contributed by atoms with Crippen molar-refractivity contribution in [3.63, 3.8) is 0 Å². The Morgan fingerprint density at radius 2 is 2.16 bits per heavy atom. The first-order chi connectivity index (χ1) is 8.85. The lowest BCUT2D eigenvalue weighted by molar-refractivity contribution is -0.142. The molecule has 19 heavy (non-hydrogen) atoms. The highest BCUT2D eigenvalue weighted by Gasteiger charge is 2.43. The summed E-state index contributed by atoms with van der Waals surface area (Å²) in [6.45, 7) is 4.42. The predicted octanol–water partition coefficient (Wildman–Crippen LogP) is 0.697.